The van der Waals surface area contributed by atoms with Crippen LogP contribution in [0.2, 0.25) is 0 Å². The van der Waals surface area contributed by atoms with Gasteiger partial charge in [0, 0.05) is 16.8 Å². The van der Waals surface area contributed by atoms with E-state index in [1.807, 2.05) is 12.1 Å². The summed E-state index contributed by atoms with van der Waals surface area (Å²) in [6.07, 6.45) is 0. The molecule has 3 aromatic rings. The molecule has 2 aromatic carbocycles. The van der Waals surface area contributed by atoms with Gasteiger partial charge in [-0.2, -0.15) is 0 Å². The number of anilines is 1. The topological polar surface area (TPSA) is 112 Å². The Hall–Kier alpha value is -3.50. The monoisotopic (exact) mass is 542 g/mol. The molecule has 1 heterocycles. The van der Waals surface area contributed by atoms with Crippen LogP contribution in [0.1, 0.15) is 57.6 Å². The molecule has 3 amide bonds. The predicted molar refractivity (Wildman–Crippen MR) is 137 cm³/mol. The summed E-state index contributed by atoms with van der Waals surface area (Å²) in [4.78, 5) is 36.8. The second-order valence-electron chi connectivity index (χ2n) is 8.32. The molecule has 0 aliphatic heterocycles. The minimum Gasteiger partial charge on any atom is -0.444 e. The molecule has 34 heavy (non-hydrogen) atoms. The van der Waals surface area contributed by atoms with Gasteiger partial charge in [0.2, 0.25) is 0 Å². The Morgan fingerprint density at radius 3 is 1.94 bits per heavy atom. The largest absolute Gasteiger partial charge is 0.444 e. The standard InChI is InChI=1S/C24H23BrN4O4S/c1-24(2,3)16-8-4-14(5-9-16)20(30)26-17-10-6-15(7-11-17)21(31)28-29-23(34)27-22(32)18-12-13-19(25)33-18/h4-13H,1-3H3,(H,26,30)(H,28,31)(H2,27,29,32,34). The molecule has 1 aromatic heterocycles. The lowest BCUT2D eigenvalue weighted by Gasteiger charge is -2.19. The van der Waals surface area contributed by atoms with Crippen molar-refractivity contribution in [1.82, 2.24) is 16.2 Å². The number of carbonyl (C=O) groups is 3. The quantitative estimate of drug-likeness (QED) is 0.284. The molecule has 8 nitrogen and oxygen atoms in total. The van der Waals surface area contributed by atoms with Crippen molar-refractivity contribution in [1.29, 1.82) is 0 Å². The minimum atomic E-state index is -0.564. The number of hydrogen-bond acceptors (Lipinski definition) is 5. The first-order chi connectivity index (χ1) is 16.0. The molecule has 0 saturated heterocycles. The summed E-state index contributed by atoms with van der Waals surface area (Å²) in [6, 6.07) is 16.8. The number of rotatable bonds is 4. The minimum absolute atomic E-state index is 0.00638. The van der Waals surface area contributed by atoms with Crippen LogP contribution in [-0.4, -0.2) is 22.8 Å². The molecule has 0 fully saturated rings. The highest BCUT2D eigenvalue weighted by molar-refractivity contribution is 9.10. The summed E-state index contributed by atoms with van der Waals surface area (Å²) in [5.41, 5.74) is 7.39. The van der Waals surface area contributed by atoms with Gasteiger partial charge in [0.1, 0.15) is 0 Å². The van der Waals surface area contributed by atoms with Gasteiger partial charge in [0.25, 0.3) is 17.7 Å². The van der Waals surface area contributed by atoms with E-state index in [1.165, 1.54) is 6.07 Å². The van der Waals surface area contributed by atoms with Gasteiger partial charge in [-0.25, -0.2) is 0 Å². The van der Waals surface area contributed by atoms with Crippen LogP contribution in [0, 0.1) is 0 Å². The third-order valence-electron chi connectivity index (χ3n) is 4.73. The maximum absolute atomic E-state index is 12.5. The number of halogens is 1. The van der Waals surface area contributed by atoms with Gasteiger partial charge in [-0.15, -0.1) is 0 Å². The van der Waals surface area contributed by atoms with Crippen molar-refractivity contribution in [3.05, 3.63) is 87.8 Å². The van der Waals surface area contributed by atoms with E-state index in [1.54, 1.807) is 42.5 Å². The molecule has 0 saturated carbocycles. The molecular weight excluding hydrogens is 520 g/mol. The molecule has 0 unspecified atom stereocenters. The molecule has 0 bridgehead atoms. The number of carbonyl (C=O) groups excluding carboxylic acids is 3. The Labute approximate surface area is 210 Å². The zero-order valence-corrected chi connectivity index (χ0v) is 21.1. The fourth-order valence-electron chi connectivity index (χ4n) is 2.85. The van der Waals surface area contributed by atoms with Crippen molar-refractivity contribution in [3.63, 3.8) is 0 Å². The summed E-state index contributed by atoms with van der Waals surface area (Å²) in [5.74, 6) is -1.23. The van der Waals surface area contributed by atoms with Crippen LogP contribution in [0.3, 0.4) is 0 Å². The number of benzene rings is 2. The van der Waals surface area contributed by atoms with Gasteiger partial charge >= 0.3 is 0 Å². The molecule has 176 valence electrons. The van der Waals surface area contributed by atoms with E-state index in [9.17, 15) is 14.4 Å². The van der Waals surface area contributed by atoms with Crippen LogP contribution >= 0.6 is 28.1 Å². The average Bonchev–Trinajstić information content (AvgIpc) is 3.24. The van der Waals surface area contributed by atoms with Crippen LogP contribution in [0.4, 0.5) is 5.69 Å². The van der Waals surface area contributed by atoms with Gasteiger partial charge in [0.15, 0.2) is 15.5 Å². The fraction of sp³-hybridized carbons (Fsp3) is 0.167. The third-order valence-corrected chi connectivity index (χ3v) is 5.36. The lowest BCUT2D eigenvalue weighted by atomic mass is 9.87. The molecule has 0 aliphatic rings. The Morgan fingerprint density at radius 1 is 0.794 bits per heavy atom. The van der Waals surface area contributed by atoms with E-state index < -0.39 is 11.8 Å². The van der Waals surface area contributed by atoms with Crippen molar-refractivity contribution < 1.29 is 18.8 Å². The molecule has 3 rings (SSSR count). The van der Waals surface area contributed by atoms with E-state index >= 15 is 0 Å². The van der Waals surface area contributed by atoms with Gasteiger partial charge in [-0.3, -0.25) is 30.6 Å². The lowest BCUT2D eigenvalue weighted by molar-refractivity contribution is 0.0926. The highest BCUT2D eigenvalue weighted by Gasteiger charge is 2.15. The first-order valence-electron chi connectivity index (χ1n) is 10.2. The highest BCUT2D eigenvalue weighted by Crippen LogP contribution is 2.22. The third kappa shape index (κ3) is 6.75. The summed E-state index contributed by atoms with van der Waals surface area (Å²) >= 11 is 8.10. The summed E-state index contributed by atoms with van der Waals surface area (Å²) in [6.45, 7) is 6.33. The van der Waals surface area contributed by atoms with Crippen LogP contribution in [0.15, 0.2) is 69.8 Å². The van der Waals surface area contributed by atoms with Crippen LogP contribution in [0.25, 0.3) is 0 Å². The summed E-state index contributed by atoms with van der Waals surface area (Å²) < 4.78 is 5.53. The van der Waals surface area contributed by atoms with Crippen molar-refractivity contribution in [2.75, 3.05) is 5.32 Å². The molecule has 4 N–H and O–H groups in total. The zero-order valence-electron chi connectivity index (χ0n) is 18.7. The Bertz CT molecular complexity index is 1220. The normalized spacial score (nSPS) is 10.8. The fourth-order valence-corrected chi connectivity index (χ4v) is 3.30. The number of nitrogens with one attached hydrogen (secondary N) is 4. The Balaban J connectivity index is 1.50. The van der Waals surface area contributed by atoms with E-state index in [0.717, 1.165) is 5.56 Å². The van der Waals surface area contributed by atoms with Crippen molar-refractivity contribution in [2.24, 2.45) is 0 Å². The van der Waals surface area contributed by atoms with E-state index in [2.05, 4.69) is 58.2 Å². The smallest absolute Gasteiger partial charge is 0.293 e. The van der Waals surface area contributed by atoms with E-state index in [-0.39, 0.29) is 22.2 Å². The molecule has 0 atom stereocenters. The molecule has 10 heteroatoms. The van der Waals surface area contributed by atoms with Crippen LogP contribution in [0.5, 0.6) is 0 Å². The van der Waals surface area contributed by atoms with E-state index in [4.69, 9.17) is 16.6 Å². The van der Waals surface area contributed by atoms with E-state index in [0.29, 0.717) is 21.5 Å². The average molecular weight is 543 g/mol. The number of furan rings is 1. The Kier molecular flexibility index (Phi) is 7.85. The van der Waals surface area contributed by atoms with Gasteiger partial charge in [-0.1, -0.05) is 32.9 Å². The maximum atomic E-state index is 12.5. The predicted octanol–water partition coefficient (Wildman–Crippen LogP) is 4.54. The summed E-state index contributed by atoms with van der Waals surface area (Å²) in [5, 5.41) is 5.08. The van der Waals surface area contributed by atoms with Crippen LogP contribution in [-0.2, 0) is 5.41 Å². The zero-order chi connectivity index (χ0) is 24.9. The SMILES string of the molecule is CC(C)(C)c1ccc(C(=O)Nc2ccc(C(=O)NNC(=S)NC(=O)c3ccc(Br)o3)cc2)cc1. The first kappa shape index (κ1) is 25.1. The molecule has 0 radical (unpaired) electrons. The number of amides is 3. The number of thiocarbonyl (C=S) groups is 1. The molecule has 0 aliphatic carbocycles. The first-order valence-corrected chi connectivity index (χ1v) is 11.4. The van der Waals surface area contributed by atoms with Gasteiger partial charge in [0.05, 0.1) is 0 Å². The lowest BCUT2D eigenvalue weighted by Crippen LogP contribution is -2.48. The van der Waals surface area contributed by atoms with Crippen molar-refractivity contribution in [3.8, 4) is 0 Å². The van der Waals surface area contributed by atoms with Crippen LogP contribution < -0.4 is 21.5 Å². The van der Waals surface area contributed by atoms with Gasteiger partial charge in [-0.05, 0) is 87.7 Å². The Morgan fingerprint density at radius 2 is 1.38 bits per heavy atom. The number of hydrazine groups is 1. The number of hydrogen-bond donors (Lipinski definition) is 4. The summed E-state index contributed by atoms with van der Waals surface area (Å²) in [7, 11) is 0. The maximum Gasteiger partial charge on any atom is 0.293 e. The van der Waals surface area contributed by atoms with Crippen molar-refractivity contribution >= 4 is 56.7 Å². The highest BCUT2D eigenvalue weighted by atomic mass is 79.9. The second-order valence-corrected chi connectivity index (χ2v) is 9.51. The molecule has 0 spiro atoms. The van der Waals surface area contributed by atoms with Crippen molar-refractivity contribution in [2.45, 2.75) is 26.2 Å². The molecular formula is C24H23BrN4O4S. The van der Waals surface area contributed by atoms with Gasteiger partial charge < -0.3 is 9.73 Å². The second kappa shape index (κ2) is 10.6.